The van der Waals surface area contributed by atoms with Gasteiger partial charge in [-0.3, -0.25) is 4.79 Å². The Labute approximate surface area is 230 Å². The number of carboxylic acids is 1. The molecular formula is C34H37FO4. The number of benzene rings is 3. The smallest absolute Gasteiger partial charge is 0.307 e. The van der Waals surface area contributed by atoms with Crippen molar-refractivity contribution >= 4 is 5.97 Å². The molecule has 1 spiro atoms. The maximum atomic E-state index is 15.1. The minimum atomic E-state index is -0.685. The molecule has 6 rings (SSSR count). The molecule has 0 radical (unpaired) electrons. The fraction of sp³-hybridized carbons (Fsp3) is 0.441. The van der Waals surface area contributed by atoms with Crippen molar-refractivity contribution in [1.29, 1.82) is 0 Å². The average molecular weight is 529 g/mol. The first kappa shape index (κ1) is 25.9. The lowest BCUT2D eigenvalue weighted by molar-refractivity contribution is -0.149. The standard InChI is InChI=1S/C34H37FO4/c1-33(2)14-4-5-28(33)26-17-21(6-10-25(26)27-18-23(38-3)9-11-31(27)35)20-39-24-8-7-22-12-15-34(30(22)19-24)16-13-29(34)32(36)37/h6-11,17-19,28-29H,4-5,12-16,20H2,1-3H3,(H,36,37)/t28-,29-,34-/m0/s1. The predicted molar refractivity (Wildman–Crippen MR) is 150 cm³/mol. The second-order valence-corrected chi connectivity index (χ2v) is 12.4. The van der Waals surface area contributed by atoms with Crippen LogP contribution >= 0.6 is 0 Å². The van der Waals surface area contributed by atoms with Crippen LogP contribution in [0.2, 0.25) is 0 Å². The molecule has 0 saturated heterocycles. The molecule has 0 heterocycles. The van der Waals surface area contributed by atoms with Crippen molar-refractivity contribution in [2.75, 3.05) is 7.11 Å². The summed E-state index contributed by atoms with van der Waals surface area (Å²) in [7, 11) is 1.60. The SMILES string of the molecule is COc1ccc(F)c(-c2ccc(COc3ccc4c(c3)[C@@]3(CC4)CC[C@H]3C(=O)O)cc2[C@@H]2CCCC2(C)C)c1. The second kappa shape index (κ2) is 9.69. The van der Waals surface area contributed by atoms with E-state index < -0.39 is 5.97 Å². The quantitative estimate of drug-likeness (QED) is 0.337. The molecule has 39 heavy (non-hydrogen) atoms. The van der Waals surface area contributed by atoms with E-state index >= 15 is 4.39 Å². The van der Waals surface area contributed by atoms with Gasteiger partial charge in [0.2, 0.25) is 0 Å². The van der Waals surface area contributed by atoms with Gasteiger partial charge in [0.15, 0.2) is 0 Å². The zero-order chi connectivity index (χ0) is 27.4. The van der Waals surface area contributed by atoms with Gasteiger partial charge in [-0.05, 0) is 108 Å². The second-order valence-electron chi connectivity index (χ2n) is 12.4. The van der Waals surface area contributed by atoms with Gasteiger partial charge in [0.05, 0.1) is 13.0 Å². The number of hydrogen-bond donors (Lipinski definition) is 1. The first-order chi connectivity index (χ1) is 18.7. The molecule has 0 amide bonds. The molecule has 3 aromatic rings. The van der Waals surface area contributed by atoms with Crippen molar-refractivity contribution in [3.63, 3.8) is 0 Å². The lowest BCUT2D eigenvalue weighted by Crippen LogP contribution is -2.46. The Bertz CT molecular complexity index is 1430. The van der Waals surface area contributed by atoms with Crippen molar-refractivity contribution < 1.29 is 23.8 Å². The summed E-state index contributed by atoms with van der Waals surface area (Å²) in [6.45, 7) is 5.02. The lowest BCUT2D eigenvalue weighted by Gasteiger charge is -2.45. The van der Waals surface area contributed by atoms with Gasteiger partial charge in [0.1, 0.15) is 23.9 Å². The Hall–Kier alpha value is -3.34. The molecule has 3 aliphatic rings. The molecule has 0 unspecified atom stereocenters. The Morgan fingerprint density at radius 2 is 1.79 bits per heavy atom. The Morgan fingerprint density at radius 1 is 0.974 bits per heavy atom. The molecule has 2 fully saturated rings. The van der Waals surface area contributed by atoms with E-state index in [0.29, 0.717) is 23.8 Å². The molecule has 0 bridgehead atoms. The van der Waals surface area contributed by atoms with Crippen LogP contribution < -0.4 is 9.47 Å². The number of carboxylic acid groups (broad SMARTS) is 1. The summed E-state index contributed by atoms with van der Waals surface area (Å²) in [5.74, 6) is 0.508. The molecular weight excluding hydrogens is 491 g/mol. The summed E-state index contributed by atoms with van der Waals surface area (Å²) >= 11 is 0. The molecule has 0 aliphatic heterocycles. The maximum Gasteiger partial charge on any atom is 0.307 e. The lowest BCUT2D eigenvalue weighted by atomic mass is 9.57. The van der Waals surface area contributed by atoms with Crippen molar-refractivity contribution in [3.05, 3.63) is 82.7 Å². The fourth-order valence-electron chi connectivity index (χ4n) is 7.58. The van der Waals surface area contributed by atoms with Gasteiger partial charge < -0.3 is 14.6 Å². The average Bonchev–Trinajstić information content (AvgIpc) is 3.47. The fourth-order valence-corrected chi connectivity index (χ4v) is 7.58. The van der Waals surface area contributed by atoms with Crippen LogP contribution in [0.5, 0.6) is 11.5 Å². The minimum absolute atomic E-state index is 0.126. The van der Waals surface area contributed by atoms with E-state index in [1.165, 1.54) is 11.6 Å². The first-order valence-corrected chi connectivity index (χ1v) is 14.2. The molecule has 1 N–H and O–H groups in total. The van der Waals surface area contributed by atoms with Crippen LogP contribution in [0.3, 0.4) is 0 Å². The number of ether oxygens (including phenoxy) is 2. The number of aryl methyl sites for hydroxylation is 1. The molecule has 5 heteroatoms. The molecule has 3 aliphatic carbocycles. The number of hydrogen-bond acceptors (Lipinski definition) is 3. The van der Waals surface area contributed by atoms with Crippen LogP contribution in [0.4, 0.5) is 4.39 Å². The third kappa shape index (κ3) is 4.40. The number of aliphatic carboxylic acids is 1. The van der Waals surface area contributed by atoms with E-state index in [1.54, 1.807) is 19.2 Å². The van der Waals surface area contributed by atoms with Crippen LogP contribution in [0.1, 0.15) is 80.5 Å². The van der Waals surface area contributed by atoms with Crippen molar-refractivity contribution in [2.24, 2.45) is 11.3 Å². The van der Waals surface area contributed by atoms with E-state index in [1.807, 2.05) is 18.2 Å². The van der Waals surface area contributed by atoms with Gasteiger partial charge in [-0.2, -0.15) is 0 Å². The summed E-state index contributed by atoms with van der Waals surface area (Å²) < 4.78 is 26.8. The third-order valence-electron chi connectivity index (χ3n) is 9.92. The van der Waals surface area contributed by atoms with Crippen LogP contribution in [0.15, 0.2) is 54.6 Å². The highest BCUT2D eigenvalue weighted by molar-refractivity contribution is 5.75. The number of methoxy groups -OCH3 is 1. The number of halogens is 1. The Morgan fingerprint density at radius 3 is 2.49 bits per heavy atom. The van der Waals surface area contributed by atoms with E-state index in [-0.39, 0.29) is 22.6 Å². The van der Waals surface area contributed by atoms with E-state index in [2.05, 4.69) is 32.0 Å². The molecule has 3 atom stereocenters. The monoisotopic (exact) mass is 528 g/mol. The molecule has 2 saturated carbocycles. The molecule has 204 valence electrons. The first-order valence-electron chi connectivity index (χ1n) is 14.2. The topological polar surface area (TPSA) is 55.8 Å². The highest BCUT2D eigenvalue weighted by atomic mass is 19.1. The highest BCUT2D eigenvalue weighted by Gasteiger charge is 2.54. The zero-order valence-corrected chi connectivity index (χ0v) is 23.1. The van der Waals surface area contributed by atoms with Crippen LogP contribution in [0.25, 0.3) is 11.1 Å². The van der Waals surface area contributed by atoms with Gasteiger partial charge in [0, 0.05) is 11.0 Å². The Balaban J connectivity index is 1.31. The summed E-state index contributed by atoms with van der Waals surface area (Å²) in [4.78, 5) is 11.9. The molecule has 0 aromatic heterocycles. The van der Waals surface area contributed by atoms with Gasteiger partial charge in [0.25, 0.3) is 0 Å². The van der Waals surface area contributed by atoms with E-state index in [0.717, 1.165) is 72.9 Å². The largest absolute Gasteiger partial charge is 0.497 e. The van der Waals surface area contributed by atoms with Crippen LogP contribution in [0, 0.1) is 17.2 Å². The highest BCUT2D eigenvalue weighted by Crippen LogP contribution is 2.57. The normalized spacial score (nSPS) is 24.8. The summed E-state index contributed by atoms with van der Waals surface area (Å²) in [5, 5.41) is 9.75. The van der Waals surface area contributed by atoms with Gasteiger partial charge in [-0.1, -0.05) is 44.5 Å². The predicted octanol–water partition coefficient (Wildman–Crippen LogP) is 8.05. The van der Waals surface area contributed by atoms with Gasteiger partial charge >= 0.3 is 5.97 Å². The van der Waals surface area contributed by atoms with Crippen LogP contribution in [-0.4, -0.2) is 18.2 Å². The van der Waals surface area contributed by atoms with E-state index in [9.17, 15) is 9.90 Å². The van der Waals surface area contributed by atoms with Crippen molar-refractivity contribution in [2.45, 2.75) is 76.7 Å². The van der Waals surface area contributed by atoms with E-state index in [4.69, 9.17) is 9.47 Å². The summed E-state index contributed by atoms with van der Waals surface area (Å²) in [5.41, 5.74) is 6.00. The maximum absolute atomic E-state index is 15.1. The number of rotatable bonds is 7. The number of fused-ring (bicyclic) bond motifs is 2. The zero-order valence-electron chi connectivity index (χ0n) is 23.1. The van der Waals surface area contributed by atoms with Crippen molar-refractivity contribution in [1.82, 2.24) is 0 Å². The Kier molecular flexibility index (Phi) is 6.44. The molecule has 3 aromatic carbocycles. The number of carbonyl (C=O) groups is 1. The van der Waals surface area contributed by atoms with Crippen molar-refractivity contribution in [3.8, 4) is 22.6 Å². The molecule has 4 nitrogen and oxygen atoms in total. The van der Waals surface area contributed by atoms with Gasteiger partial charge in [-0.15, -0.1) is 0 Å². The third-order valence-corrected chi connectivity index (χ3v) is 9.92. The minimum Gasteiger partial charge on any atom is -0.497 e. The summed E-state index contributed by atoms with van der Waals surface area (Å²) in [6, 6.07) is 17.4. The summed E-state index contributed by atoms with van der Waals surface area (Å²) in [6.07, 6.45) is 6.91. The van der Waals surface area contributed by atoms with Gasteiger partial charge in [-0.25, -0.2) is 4.39 Å². The van der Waals surface area contributed by atoms with Crippen LogP contribution in [-0.2, 0) is 23.2 Å².